The molecule has 45 heavy (non-hydrogen) atoms. The molecule has 0 unspecified atom stereocenters. The van der Waals surface area contributed by atoms with Gasteiger partial charge >= 0.3 is 0 Å². The van der Waals surface area contributed by atoms with E-state index < -0.39 is 16.0 Å². The molecule has 1 saturated heterocycles. The first-order valence-corrected chi connectivity index (χ1v) is 16.6. The number of hydrogen-bond acceptors (Lipinski definition) is 6. The highest BCUT2D eigenvalue weighted by Crippen LogP contribution is 2.44. The molecule has 0 aromatic heterocycles. The molecule has 1 amide bonds. The second-order valence-electron chi connectivity index (χ2n) is 10.8. The summed E-state index contributed by atoms with van der Waals surface area (Å²) in [5, 5.41) is 12.2. The van der Waals surface area contributed by atoms with Crippen molar-refractivity contribution in [1.29, 1.82) is 0 Å². The molecule has 4 atom stereocenters. The number of aliphatic hydroxyl groups is 1. The van der Waals surface area contributed by atoms with Gasteiger partial charge in [-0.25, -0.2) is 0 Å². The molecule has 0 saturated carbocycles. The Morgan fingerprint density at radius 3 is 2.31 bits per heavy atom. The average molecular weight is 687 g/mol. The largest absolute Gasteiger partial charge is 0.496 e. The Morgan fingerprint density at radius 1 is 0.889 bits per heavy atom. The third-order valence-electron chi connectivity index (χ3n) is 7.73. The van der Waals surface area contributed by atoms with Gasteiger partial charge in [-0.2, -0.15) is 0 Å². The second kappa shape index (κ2) is 15.2. The summed E-state index contributed by atoms with van der Waals surface area (Å²) in [5.74, 6) is 0.900. The van der Waals surface area contributed by atoms with Gasteiger partial charge in [0.2, 0.25) is 0 Å². The van der Waals surface area contributed by atoms with Gasteiger partial charge in [0.15, 0.2) is 6.29 Å². The van der Waals surface area contributed by atoms with Crippen molar-refractivity contribution in [3.8, 4) is 16.9 Å². The van der Waals surface area contributed by atoms with Crippen molar-refractivity contribution in [3.63, 3.8) is 0 Å². The molecule has 0 radical (unpaired) electrons. The fourth-order valence-corrected chi connectivity index (χ4v) is 6.62. The third kappa shape index (κ3) is 8.54. The van der Waals surface area contributed by atoms with E-state index in [0.717, 1.165) is 44.0 Å². The summed E-state index contributed by atoms with van der Waals surface area (Å²) in [5.41, 5.74) is 5.55. The molecule has 2 N–H and O–H groups in total. The Balaban J connectivity index is 1.40. The number of aliphatic hydroxyl groups excluding tert-OH is 1. The van der Waals surface area contributed by atoms with Crippen molar-refractivity contribution >= 4 is 52.5 Å². The quantitative estimate of drug-likeness (QED) is 0.129. The lowest BCUT2D eigenvalue weighted by molar-refractivity contribution is -0.268. The lowest BCUT2D eigenvalue weighted by atomic mass is 9.91. The van der Waals surface area contributed by atoms with Gasteiger partial charge in [-0.15, -0.1) is 11.8 Å². The van der Waals surface area contributed by atoms with Gasteiger partial charge in [-0.3, -0.25) is 4.79 Å². The van der Waals surface area contributed by atoms with Crippen LogP contribution in [-0.2, 0) is 27.4 Å². The van der Waals surface area contributed by atoms with Gasteiger partial charge in [0.1, 0.15) is 5.75 Å². The van der Waals surface area contributed by atoms with Gasteiger partial charge in [0.25, 0.3) is 9.70 Å². The van der Waals surface area contributed by atoms with Crippen LogP contribution < -0.4 is 10.1 Å². The van der Waals surface area contributed by atoms with E-state index in [0.29, 0.717) is 5.75 Å². The molecule has 0 spiro atoms. The van der Waals surface area contributed by atoms with Crippen LogP contribution in [0.15, 0.2) is 102 Å². The van der Waals surface area contributed by atoms with Gasteiger partial charge in [0.05, 0.1) is 25.9 Å². The number of methoxy groups -OCH3 is 1. The Morgan fingerprint density at radius 2 is 1.60 bits per heavy atom. The maximum absolute atomic E-state index is 12.0. The van der Waals surface area contributed by atoms with E-state index in [1.54, 1.807) is 18.9 Å². The summed E-state index contributed by atoms with van der Waals surface area (Å²) in [4.78, 5) is 13.1. The molecule has 1 fully saturated rings. The number of halogens is 3. The van der Waals surface area contributed by atoms with Crippen LogP contribution in [-0.4, -0.2) is 33.8 Å². The van der Waals surface area contributed by atoms with E-state index >= 15 is 0 Å². The standard InChI is InChI=1S/C35H34Cl3NO5S/c1-22-30(21-45-31-12-4-3-11-29(31)42-2)43-33(44-32(22)25-15-13-23(20-40)14-16-25)28-10-6-9-27(18-28)26-8-5-7-24(17-26)19-39-34(41)35(36,37)38/h3-18,22,30,32-33,40H,19-21H2,1-2H3,(H,39,41)/t22-,30+,32+,33+/m1/s1. The SMILES string of the molecule is COc1ccccc1SC[C@@H]1O[C@H](c2cccc(-c3cccc(CNC(=O)C(Cl)(Cl)Cl)c3)c2)O[C@H](c2ccc(CO)cc2)[C@@H]1C. The number of nitrogens with one attached hydrogen (secondary N) is 1. The minimum absolute atomic E-state index is 0.0153. The first kappa shape index (κ1) is 33.6. The molecule has 5 rings (SSSR count). The van der Waals surface area contributed by atoms with E-state index in [1.165, 1.54) is 0 Å². The smallest absolute Gasteiger partial charge is 0.272 e. The zero-order valence-corrected chi connectivity index (χ0v) is 27.9. The first-order chi connectivity index (χ1) is 21.7. The molecule has 1 heterocycles. The van der Waals surface area contributed by atoms with E-state index in [-0.39, 0.29) is 31.3 Å². The summed E-state index contributed by atoms with van der Waals surface area (Å²) >= 11 is 18.8. The third-order valence-corrected chi connectivity index (χ3v) is 9.38. The lowest BCUT2D eigenvalue weighted by Crippen LogP contribution is -2.38. The maximum Gasteiger partial charge on any atom is 0.272 e. The van der Waals surface area contributed by atoms with Gasteiger partial charge in [-0.1, -0.05) is 115 Å². The van der Waals surface area contributed by atoms with E-state index in [2.05, 4.69) is 24.4 Å². The number of para-hydroxylation sites is 1. The highest BCUT2D eigenvalue weighted by Gasteiger charge is 2.38. The molecule has 1 aliphatic rings. The van der Waals surface area contributed by atoms with Crippen LogP contribution in [0.3, 0.4) is 0 Å². The number of carbonyl (C=O) groups is 1. The second-order valence-corrected chi connectivity index (χ2v) is 14.1. The van der Waals surface area contributed by atoms with E-state index in [1.807, 2.05) is 84.9 Å². The van der Waals surface area contributed by atoms with Crippen LogP contribution in [0.25, 0.3) is 11.1 Å². The predicted octanol–water partition coefficient (Wildman–Crippen LogP) is 8.42. The molecule has 4 aromatic rings. The van der Waals surface area contributed by atoms with Crippen molar-refractivity contribution in [2.24, 2.45) is 5.92 Å². The molecule has 10 heteroatoms. The molecule has 4 aromatic carbocycles. The summed E-state index contributed by atoms with van der Waals surface area (Å²) < 4.78 is 16.9. The van der Waals surface area contributed by atoms with Crippen LogP contribution >= 0.6 is 46.6 Å². The van der Waals surface area contributed by atoms with Crippen LogP contribution in [0.4, 0.5) is 0 Å². The van der Waals surface area contributed by atoms with E-state index in [9.17, 15) is 9.90 Å². The molecule has 0 bridgehead atoms. The van der Waals surface area contributed by atoms with Crippen LogP contribution in [0.5, 0.6) is 5.75 Å². The van der Waals surface area contributed by atoms with Gasteiger partial charge in [0, 0.05) is 28.7 Å². The number of carbonyl (C=O) groups excluding carboxylic acids is 1. The monoisotopic (exact) mass is 685 g/mol. The Kier molecular flexibility index (Phi) is 11.4. The average Bonchev–Trinajstić information content (AvgIpc) is 3.06. The number of thioether (sulfide) groups is 1. The van der Waals surface area contributed by atoms with Crippen molar-refractivity contribution in [1.82, 2.24) is 5.32 Å². The molecule has 236 valence electrons. The van der Waals surface area contributed by atoms with Gasteiger partial charge in [-0.05, 0) is 52.1 Å². The Bertz CT molecular complexity index is 1600. The summed E-state index contributed by atoms with van der Waals surface area (Å²) in [6.45, 7) is 2.35. The maximum atomic E-state index is 12.0. The summed E-state index contributed by atoms with van der Waals surface area (Å²) in [6, 6.07) is 31.8. The number of amides is 1. The zero-order chi connectivity index (χ0) is 32.0. The van der Waals surface area contributed by atoms with Crippen molar-refractivity contribution < 1.29 is 24.1 Å². The number of benzene rings is 4. The fourth-order valence-electron chi connectivity index (χ4n) is 5.23. The first-order valence-electron chi connectivity index (χ1n) is 14.5. The normalized spacial score (nSPS) is 20.0. The highest BCUT2D eigenvalue weighted by atomic mass is 35.6. The predicted molar refractivity (Wildman–Crippen MR) is 181 cm³/mol. The molecule has 0 aliphatic carbocycles. The number of alkyl halides is 3. The minimum atomic E-state index is -2.02. The fraction of sp³-hybridized carbons (Fsp3) is 0.286. The summed E-state index contributed by atoms with van der Waals surface area (Å²) in [7, 11) is 1.68. The minimum Gasteiger partial charge on any atom is -0.496 e. The van der Waals surface area contributed by atoms with Crippen molar-refractivity contribution in [3.05, 3.63) is 119 Å². The molecular weight excluding hydrogens is 653 g/mol. The number of rotatable bonds is 10. The summed E-state index contributed by atoms with van der Waals surface area (Å²) in [6.07, 6.45) is -0.971. The van der Waals surface area contributed by atoms with Crippen LogP contribution in [0.1, 0.15) is 41.6 Å². The lowest BCUT2D eigenvalue weighted by Gasteiger charge is -2.41. The van der Waals surface area contributed by atoms with E-state index in [4.69, 9.17) is 49.0 Å². The van der Waals surface area contributed by atoms with Crippen LogP contribution in [0, 0.1) is 5.92 Å². The molecular formula is C35H34Cl3NO5S. The Hall–Kier alpha value is -2.75. The highest BCUT2D eigenvalue weighted by molar-refractivity contribution is 7.99. The number of ether oxygens (including phenoxy) is 3. The molecule has 1 aliphatic heterocycles. The number of hydrogen-bond donors (Lipinski definition) is 2. The van der Waals surface area contributed by atoms with Crippen molar-refractivity contribution in [2.45, 2.75) is 47.3 Å². The Labute approximate surface area is 282 Å². The topological polar surface area (TPSA) is 77.0 Å². The van der Waals surface area contributed by atoms with Crippen LogP contribution in [0.2, 0.25) is 0 Å². The zero-order valence-electron chi connectivity index (χ0n) is 24.8. The van der Waals surface area contributed by atoms with Gasteiger partial charge < -0.3 is 24.6 Å². The molecule has 6 nitrogen and oxygen atoms in total. The van der Waals surface area contributed by atoms with Crippen molar-refractivity contribution in [2.75, 3.05) is 12.9 Å².